The van der Waals surface area contributed by atoms with Crippen molar-refractivity contribution in [2.24, 2.45) is 5.92 Å². The van der Waals surface area contributed by atoms with E-state index in [0.717, 1.165) is 0 Å². The molecule has 0 radical (unpaired) electrons. The summed E-state index contributed by atoms with van der Waals surface area (Å²) in [5.41, 5.74) is 0.000270. The Hall–Kier alpha value is -0.880. The fraction of sp³-hybridized carbons (Fsp3) is 0.556. The van der Waals surface area contributed by atoms with Crippen molar-refractivity contribution in [1.82, 2.24) is 0 Å². The fourth-order valence-electron chi connectivity index (χ4n) is 1.72. The summed E-state index contributed by atoms with van der Waals surface area (Å²) in [7, 11) is 1.54. The second-order valence-corrected chi connectivity index (χ2v) is 7.09. The Balaban J connectivity index is 3.12. The van der Waals surface area contributed by atoms with E-state index in [0.29, 0.717) is 0 Å². The summed E-state index contributed by atoms with van der Waals surface area (Å²) >= 11 is 0. The van der Waals surface area contributed by atoms with Gasteiger partial charge in [0.1, 0.15) is 4.75 Å². The van der Waals surface area contributed by atoms with Crippen molar-refractivity contribution in [2.75, 3.05) is 0 Å². The zero-order valence-corrected chi connectivity index (χ0v) is 10.5. The highest BCUT2D eigenvalue weighted by Crippen LogP contribution is 2.35. The number of nitro groups is 1. The summed E-state index contributed by atoms with van der Waals surface area (Å²) in [5, 5.41) is 10.7. The van der Waals surface area contributed by atoms with Gasteiger partial charge < -0.3 is 0 Å². The molecule has 2 unspecified atom stereocenters. The van der Waals surface area contributed by atoms with E-state index in [-0.39, 0.29) is 12.1 Å². The maximum absolute atomic E-state index is 11.4. The lowest BCUT2D eigenvalue weighted by Crippen LogP contribution is -2.32. The molecule has 1 aliphatic carbocycles. The van der Waals surface area contributed by atoms with Crippen molar-refractivity contribution in [1.29, 1.82) is 0 Å². The highest BCUT2D eigenvalue weighted by molar-refractivity contribution is 8.14. The van der Waals surface area contributed by atoms with Gasteiger partial charge in [-0.05, 0) is 13.3 Å². The predicted octanol–water partition coefficient (Wildman–Crippen LogP) is 2.07. The smallest absolute Gasteiger partial charge is 0.249 e. The zero-order valence-electron chi connectivity index (χ0n) is 8.88. The van der Waals surface area contributed by atoms with Crippen LogP contribution in [0.25, 0.3) is 0 Å². The van der Waals surface area contributed by atoms with Crippen molar-refractivity contribution >= 4 is 19.7 Å². The van der Waals surface area contributed by atoms with Gasteiger partial charge >= 0.3 is 0 Å². The van der Waals surface area contributed by atoms with Crippen molar-refractivity contribution < 1.29 is 13.3 Å². The molecule has 0 aliphatic heterocycles. The first-order chi connectivity index (χ1) is 7.17. The molecule has 0 N–H and O–H groups in total. The third kappa shape index (κ3) is 2.44. The van der Waals surface area contributed by atoms with Crippen LogP contribution in [-0.4, -0.2) is 18.1 Å². The van der Waals surface area contributed by atoms with E-state index in [9.17, 15) is 18.5 Å². The quantitative estimate of drug-likeness (QED) is 0.435. The van der Waals surface area contributed by atoms with Gasteiger partial charge in [0.15, 0.2) is 0 Å². The summed E-state index contributed by atoms with van der Waals surface area (Å²) in [5.74, 6) is -0.469. The number of allylic oxidation sites excluding steroid dienone is 3. The average molecular weight is 266 g/mol. The molecule has 0 heterocycles. The van der Waals surface area contributed by atoms with Gasteiger partial charge in [0.2, 0.25) is 14.7 Å². The Morgan fingerprint density at radius 2 is 2.19 bits per heavy atom. The van der Waals surface area contributed by atoms with Gasteiger partial charge in [-0.15, -0.1) is 0 Å². The van der Waals surface area contributed by atoms with E-state index in [1.165, 1.54) is 25.2 Å². The van der Waals surface area contributed by atoms with E-state index in [2.05, 4.69) is 0 Å². The number of hydrogen-bond donors (Lipinski definition) is 0. The summed E-state index contributed by atoms with van der Waals surface area (Å²) in [4.78, 5) is 10.2. The second-order valence-electron chi connectivity index (χ2n) is 4.06. The van der Waals surface area contributed by atoms with Crippen LogP contribution in [0.3, 0.4) is 0 Å². The summed E-state index contributed by atoms with van der Waals surface area (Å²) in [6, 6.07) is 0. The lowest BCUT2D eigenvalue weighted by Gasteiger charge is -2.23. The number of hydrogen-bond acceptors (Lipinski definition) is 4. The zero-order chi connectivity index (χ0) is 12.6. The van der Waals surface area contributed by atoms with E-state index in [1.807, 2.05) is 0 Å². The van der Waals surface area contributed by atoms with Gasteiger partial charge in [-0.2, -0.15) is 0 Å². The van der Waals surface area contributed by atoms with Gasteiger partial charge in [-0.1, -0.05) is 19.1 Å². The van der Waals surface area contributed by atoms with Gasteiger partial charge in [0, 0.05) is 22.7 Å². The third-order valence-corrected chi connectivity index (χ3v) is 5.17. The Morgan fingerprint density at radius 3 is 2.62 bits per heavy atom. The van der Waals surface area contributed by atoms with Gasteiger partial charge in [-0.3, -0.25) is 10.1 Å². The third-order valence-electron chi connectivity index (χ3n) is 2.70. The molecule has 0 aromatic carbocycles. The van der Waals surface area contributed by atoms with Crippen LogP contribution in [0.4, 0.5) is 0 Å². The van der Waals surface area contributed by atoms with E-state index in [1.54, 1.807) is 6.92 Å². The molecule has 1 rings (SSSR count). The van der Waals surface area contributed by atoms with Crippen molar-refractivity contribution in [2.45, 2.75) is 25.0 Å². The summed E-state index contributed by atoms with van der Waals surface area (Å²) in [6.07, 6.45) is 4.18. The van der Waals surface area contributed by atoms with Crippen LogP contribution in [0.1, 0.15) is 20.3 Å². The fourth-order valence-corrected chi connectivity index (χ4v) is 2.75. The molecule has 0 fully saturated rings. The van der Waals surface area contributed by atoms with Crippen LogP contribution in [0.15, 0.2) is 23.9 Å². The molecule has 90 valence electrons. The van der Waals surface area contributed by atoms with Crippen LogP contribution >= 0.6 is 10.7 Å². The van der Waals surface area contributed by atoms with Crippen LogP contribution in [-0.2, 0) is 9.05 Å². The number of nitrogens with zero attached hydrogens (tertiary/aromatic N) is 1. The molecule has 0 amide bonds. The number of halogens is 1. The van der Waals surface area contributed by atoms with Crippen LogP contribution in [0.5, 0.6) is 0 Å². The van der Waals surface area contributed by atoms with Crippen LogP contribution < -0.4 is 0 Å². The van der Waals surface area contributed by atoms with Gasteiger partial charge in [-0.25, -0.2) is 8.42 Å². The lowest BCUT2D eigenvalue weighted by molar-refractivity contribution is -0.433. The highest BCUT2D eigenvalue weighted by atomic mass is 35.7. The van der Waals surface area contributed by atoms with Crippen molar-refractivity contribution in [3.05, 3.63) is 34.0 Å². The Morgan fingerprint density at radius 1 is 1.62 bits per heavy atom. The maximum atomic E-state index is 11.4. The highest BCUT2D eigenvalue weighted by Gasteiger charge is 2.40. The Bertz CT molecular complexity index is 468. The largest absolute Gasteiger partial charge is 0.259 e. The maximum Gasteiger partial charge on any atom is 0.249 e. The molecule has 16 heavy (non-hydrogen) atoms. The first-order valence-corrected chi connectivity index (χ1v) is 6.96. The molecule has 0 aromatic rings. The van der Waals surface area contributed by atoms with E-state index < -0.39 is 24.6 Å². The molecule has 0 bridgehead atoms. The molecular weight excluding hydrogens is 254 g/mol. The van der Waals surface area contributed by atoms with Crippen molar-refractivity contribution in [3.63, 3.8) is 0 Å². The topological polar surface area (TPSA) is 77.3 Å². The minimum atomic E-state index is -3.80. The SMILES string of the molecule is CC1CC(C)(S(=O)(=O)Cl)C=CC=C1[N+](=O)[O-]. The van der Waals surface area contributed by atoms with E-state index >= 15 is 0 Å². The van der Waals surface area contributed by atoms with Crippen LogP contribution in [0, 0.1) is 16.0 Å². The predicted molar refractivity (Wildman–Crippen MR) is 61.2 cm³/mol. The molecule has 1 aliphatic rings. The second kappa shape index (κ2) is 4.18. The standard InChI is InChI=1S/C9H12ClNO4S/c1-7-6-9(2,16(10,14)15)5-3-4-8(7)11(12)13/h3-5,7H,6H2,1-2H3. The monoisotopic (exact) mass is 265 g/mol. The first-order valence-electron chi connectivity index (χ1n) is 4.65. The summed E-state index contributed by atoms with van der Waals surface area (Å²) < 4.78 is 21.5. The minimum absolute atomic E-state index is 0.000270. The number of rotatable bonds is 2. The molecule has 0 aromatic heterocycles. The molecule has 0 saturated carbocycles. The van der Waals surface area contributed by atoms with Crippen molar-refractivity contribution in [3.8, 4) is 0 Å². The Kier molecular flexibility index (Phi) is 3.44. The Labute approximate surface area is 98.4 Å². The first kappa shape index (κ1) is 13.2. The molecule has 0 saturated heterocycles. The lowest BCUT2D eigenvalue weighted by atomic mass is 9.96. The van der Waals surface area contributed by atoms with Gasteiger partial charge in [0.25, 0.3) is 0 Å². The van der Waals surface area contributed by atoms with Crippen LogP contribution in [0.2, 0.25) is 0 Å². The molecule has 7 heteroatoms. The minimum Gasteiger partial charge on any atom is -0.259 e. The molecule has 2 atom stereocenters. The molecule has 5 nitrogen and oxygen atoms in total. The van der Waals surface area contributed by atoms with E-state index in [4.69, 9.17) is 10.7 Å². The molecule has 0 spiro atoms. The van der Waals surface area contributed by atoms with Gasteiger partial charge in [0.05, 0.1) is 4.92 Å². The normalized spacial score (nSPS) is 30.7. The average Bonchev–Trinajstić information content (AvgIpc) is 2.23. The summed E-state index contributed by atoms with van der Waals surface area (Å²) in [6.45, 7) is 3.07. The molecular formula is C9H12ClNO4S.